The van der Waals surface area contributed by atoms with Crippen LogP contribution in [0.15, 0.2) is 109 Å². The fourth-order valence-corrected chi connectivity index (χ4v) is 8.71. The van der Waals surface area contributed by atoms with Crippen LogP contribution in [0.2, 0.25) is 0 Å². The van der Waals surface area contributed by atoms with Gasteiger partial charge in [0.2, 0.25) is 0 Å². The van der Waals surface area contributed by atoms with Crippen molar-refractivity contribution in [2.24, 2.45) is 0 Å². The molecule has 0 rings (SSSR count). The van der Waals surface area contributed by atoms with Crippen LogP contribution in [0.5, 0.6) is 0 Å². The zero-order valence-electron chi connectivity index (χ0n) is 49.7. The molecule has 1 unspecified atom stereocenters. The molecule has 76 heavy (non-hydrogen) atoms. The third-order valence-electron chi connectivity index (χ3n) is 13.5. The summed E-state index contributed by atoms with van der Waals surface area (Å²) in [6, 6.07) is 0. The summed E-state index contributed by atoms with van der Waals surface area (Å²) >= 11 is 0. The molecule has 1 atom stereocenters. The summed E-state index contributed by atoms with van der Waals surface area (Å²) in [6.45, 7) is 6.48. The Bertz CT molecular complexity index is 1540. The highest BCUT2D eigenvalue weighted by Crippen LogP contribution is 2.15. The van der Waals surface area contributed by atoms with Gasteiger partial charge in [0, 0.05) is 19.3 Å². The molecule has 0 aliphatic carbocycles. The Labute approximate surface area is 470 Å². The molecule has 0 aromatic heterocycles. The highest BCUT2D eigenvalue weighted by Gasteiger charge is 2.19. The SMILES string of the molecule is CC/C=C\C/C=C\C/C=C\C/C=C\C/C=C\C/C=C\CCCCC(=O)OCC(COC(=O)CCCCCCC/C=C\C/C=C\CCCCCC)OC(=O)CCCCCCCCCCC/C=C\CCCCCCCCCC. The zero-order valence-corrected chi connectivity index (χ0v) is 49.7. The third kappa shape index (κ3) is 60.9. The number of unbranched alkanes of at least 4 members (excludes halogenated alkanes) is 28. The van der Waals surface area contributed by atoms with E-state index in [-0.39, 0.29) is 31.1 Å². The minimum Gasteiger partial charge on any atom is -0.462 e. The van der Waals surface area contributed by atoms with Gasteiger partial charge in [0.1, 0.15) is 13.2 Å². The molecule has 0 aliphatic heterocycles. The van der Waals surface area contributed by atoms with E-state index < -0.39 is 6.10 Å². The lowest BCUT2D eigenvalue weighted by molar-refractivity contribution is -0.167. The Kier molecular flexibility index (Phi) is 60.3. The maximum Gasteiger partial charge on any atom is 0.306 e. The number of rotatable bonds is 57. The van der Waals surface area contributed by atoms with E-state index in [1.54, 1.807) is 0 Å². The van der Waals surface area contributed by atoms with Gasteiger partial charge in [0.05, 0.1) is 0 Å². The van der Waals surface area contributed by atoms with Gasteiger partial charge in [0.25, 0.3) is 0 Å². The van der Waals surface area contributed by atoms with Crippen molar-refractivity contribution in [1.82, 2.24) is 0 Å². The predicted octanol–water partition coefficient (Wildman–Crippen LogP) is 21.8. The maximum absolute atomic E-state index is 12.9. The number of carbonyl (C=O) groups is 3. The Balaban J connectivity index is 4.48. The molecule has 0 bridgehead atoms. The van der Waals surface area contributed by atoms with Crippen molar-refractivity contribution in [3.05, 3.63) is 109 Å². The Hall–Kier alpha value is -3.93. The Morgan fingerprint density at radius 2 is 0.513 bits per heavy atom. The fourth-order valence-electron chi connectivity index (χ4n) is 8.71. The summed E-state index contributed by atoms with van der Waals surface area (Å²) in [5.41, 5.74) is 0. The van der Waals surface area contributed by atoms with E-state index in [2.05, 4.69) is 130 Å². The molecule has 0 N–H and O–H groups in total. The molecular weight excluding hydrogens is 937 g/mol. The summed E-state index contributed by atoms with van der Waals surface area (Å²) in [5, 5.41) is 0. The Morgan fingerprint density at radius 1 is 0.276 bits per heavy atom. The zero-order chi connectivity index (χ0) is 55.0. The molecule has 0 radical (unpaired) electrons. The van der Waals surface area contributed by atoms with Gasteiger partial charge in [-0.15, -0.1) is 0 Å². The first-order valence-electron chi connectivity index (χ1n) is 31.9. The first-order chi connectivity index (χ1) is 37.5. The van der Waals surface area contributed by atoms with Crippen LogP contribution in [0.25, 0.3) is 0 Å². The largest absolute Gasteiger partial charge is 0.462 e. The standard InChI is InChI=1S/C70H118O6/c1-4-7-10-13-16-19-22-25-28-31-33-35-37-39-42-45-48-51-54-57-60-63-69(72)75-66-67(65-74-68(71)62-59-56-53-50-47-44-41-30-27-24-21-18-15-12-9-6-3)76-70(73)64-61-58-55-52-49-46-43-40-38-36-34-32-29-26-23-20-17-14-11-8-5-2/h7,10,16,19,21,24-25,28,30,32-35,39,41-42,48,51,67H,4-6,8-9,11-15,17-18,20,22-23,26-27,29,31,36-38,40,43-47,49-50,52-66H2,1-3H3/b10-7-,19-16-,24-21-,28-25-,34-32-,35-33-,41-30-,42-39-,51-48-. The summed E-state index contributed by atoms with van der Waals surface area (Å²) in [4.78, 5) is 38.3. The topological polar surface area (TPSA) is 78.9 Å². The monoisotopic (exact) mass is 1050 g/mol. The van der Waals surface area contributed by atoms with Gasteiger partial charge >= 0.3 is 17.9 Å². The molecular formula is C70H118O6. The second-order valence-electron chi connectivity index (χ2n) is 20.9. The molecule has 434 valence electrons. The smallest absolute Gasteiger partial charge is 0.306 e. The summed E-state index contributed by atoms with van der Waals surface area (Å²) < 4.78 is 16.9. The van der Waals surface area contributed by atoms with Crippen molar-refractivity contribution in [2.75, 3.05) is 13.2 Å². The molecule has 0 aromatic carbocycles. The third-order valence-corrected chi connectivity index (χ3v) is 13.5. The van der Waals surface area contributed by atoms with Crippen LogP contribution in [0.1, 0.15) is 297 Å². The van der Waals surface area contributed by atoms with Crippen LogP contribution < -0.4 is 0 Å². The molecule has 0 aliphatic rings. The van der Waals surface area contributed by atoms with Crippen molar-refractivity contribution in [1.29, 1.82) is 0 Å². The first-order valence-corrected chi connectivity index (χ1v) is 31.9. The van der Waals surface area contributed by atoms with Crippen LogP contribution in [0.4, 0.5) is 0 Å². The molecule has 0 amide bonds. The van der Waals surface area contributed by atoms with E-state index in [0.29, 0.717) is 19.3 Å². The minimum absolute atomic E-state index is 0.101. The first kappa shape index (κ1) is 72.1. The Morgan fingerprint density at radius 3 is 0.855 bits per heavy atom. The number of hydrogen-bond acceptors (Lipinski definition) is 6. The quantitative estimate of drug-likeness (QED) is 0.0261. The fraction of sp³-hybridized carbons (Fsp3) is 0.700. The highest BCUT2D eigenvalue weighted by atomic mass is 16.6. The molecule has 0 aromatic rings. The van der Waals surface area contributed by atoms with E-state index in [4.69, 9.17) is 14.2 Å². The van der Waals surface area contributed by atoms with Gasteiger partial charge in [-0.05, 0) is 128 Å². The average molecular weight is 1060 g/mol. The predicted molar refractivity (Wildman–Crippen MR) is 330 cm³/mol. The maximum atomic E-state index is 12.9. The van der Waals surface area contributed by atoms with Crippen molar-refractivity contribution in [2.45, 2.75) is 303 Å². The normalized spacial score (nSPS) is 12.8. The minimum atomic E-state index is -0.806. The van der Waals surface area contributed by atoms with Crippen molar-refractivity contribution in [3.8, 4) is 0 Å². The van der Waals surface area contributed by atoms with E-state index in [1.165, 1.54) is 135 Å². The van der Waals surface area contributed by atoms with Crippen molar-refractivity contribution >= 4 is 17.9 Å². The van der Waals surface area contributed by atoms with Crippen LogP contribution in [-0.4, -0.2) is 37.2 Å². The lowest BCUT2D eigenvalue weighted by Gasteiger charge is -2.18. The summed E-state index contributed by atoms with van der Waals surface area (Å²) in [5.74, 6) is -0.953. The molecule has 6 nitrogen and oxygen atoms in total. The van der Waals surface area contributed by atoms with Gasteiger partial charge in [-0.25, -0.2) is 0 Å². The average Bonchev–Trinajstić information content (AvgIpc) is 3.42. The lowest BCUT2D eigenvalue weighted by atomic mass is 10.1. The van der Waals surface area contributed by atoms with Gasteiger partial charge in [-0.1, -0.05) is 259 Å². The number of esters is 3. The molecule has 0 saturated heterocycles. The van der Waals surface area contributed by atoms with Crippen LogP contribution in [0.3, 0.4) is 0 Å². The van der Waals surface area contributed by atoms with Crippen LogP contribution in [-0.2, 0) is 28.6 Å². The second kappa shape index (κ2) is 63.6. The van der Waals surface area contributed by atoms with Crippen LogP contribution >= 0.6 is 0 Å². The molecule has 6 heteroatoms. The van der Waals surface area contributed by atoms with Gasteiger partial charge in [-0.2, -0.15) is 0 Å². The number of allylic oxidation sites excluding steroid dienone is 18. The lowest BCUT2D eigenvalue weighted by Crippen LogP contribution is -2.30. The van der Waals surface area contributed by atoms with E-state index in [1.807, 2.05) is 0 Å². The van der Waals surface area contributed by atoms with Crippen molar-refractivity contribution in [3.63, 3.8) is 0 Å². The number of hydrogen-bond donors (Lipinski definition) is 0. The van der Waals surface area contributed by atoms with Crippen molar-refractivity contribution < 1.29 is 28.6 Å². The molecule has 0 fully saturated rings. The van der Waals surface area contributed by atoms with Gasteiger partial charge in [-0.3, -0.25) is 14.4 Å². The summed E-state index contributed by atoms with van der Waals surface area (Å²) in [7, 11) is 0. The number of ether oxygens (including phenoxy) is 3. The van der Waals surface area contributed by atoms with E-state index in [9.17, 15) is 14.4 Å². The van der Waals surface area contributed by atoms with Gasteiger partial charge < -0.3 is 14.2 Å². The van der Waals surface area contributed by atoms with Gasteiger partial charge in [0.15, 0.2) is 6.10 Å². The van der Waals surface area contributed by atoms with E-state index in [0.717, 1.165) is 122 Å². The molecule has 0 heterocycles. The summed E-state index contributed by atoms with van der Waals surface area (Å²) in [6.07, 6.45) is 86.6. The van der Waals surface area contributed by atoms with Crippen LogP contribution in [0, 0.1) is 0 Å². The molecule has 0 saturated carbocycles. The number of carbonyl (C=O) groups excluding carboxylic acids is 3. The van der Waals surface area contributed by atoms with E-state index >= 15 is 0 Å². The second-order valence-corrected chi connectivity index (χ2v) is 20.9. The highest BCUT2D eigenvalue weighted by molar-refractivity contribution is 5.71. The molecule has 0 spiro atoms.